The molecule has 1 aliphatic carbocycles. The highest BCUT2D eigenvalue weighted by Crippen LogP contribution is 2.41. The molecule has 0 aliphatic heterocycles. The van der Waals surface area contributed by atoms with Gasteiger partial charge in [-0.1, -0.05) is 38.0 Å². The van der Waals surface area contributed by atoms with Gasteiger partial charge in [0, 0.05) is 0 Å². The fourth-order valence-corrected chi connectivity index (χ4v) is 2.71. The van der Waals surface area contributed by atoms with Crippen LogP contribution < -0.4 is 0 Å². The van der Waals surface area contributed by atoms with Gasteiger partial charge in [0.1, 0.15) is 5.82 Å². The number of rotatable bonds is 2. The van der Waals surface area contributed by atoms with E-state index in [2.05, 4.69) is 6.92 Å². The minimum absolute atomic E-state index is 0.0159. The van der Waals surface area contributed by atoms with Crippen molar-refractivity contribution in [2.24, 2.45) is 5.92 Å². The van der Waals surface area contributed by atoms with Crippen LogP contribution in [0.25, 0.3) is 0 Å². The van der Waals surface area contributed by atoms with E-state index in [9.17, 15) is 4.39 Å². The molecule has 76 valence electrons. The SMILES string of the molecule is CCC1CCCC1c1ccccc1F. The Labute approximate surface area is 85.1 Å². The maximum Gasteiger partial charge on any atom is 0.126 e. The Kier molecular flexibility index (Phi) is 2.85. The molecule has 0 bridgehead atoms. The molecule has 0 amide bonds. The summed E-state index contributed by atoms with van der Waals surface area (Å²) in [6.07, 6.45) is 4.88. The molecule has 0 N–H and O–H groups in total. The second-order valence-electron chi connectivity index (χ2n) is 4.23. The minimum Gasteiger partial charge on any atom is -0.207 e. The zero-order valence-corrected chi connectivity index (χ0v) is 8.67. The maximum absolute atomic E-state index is 13.6. The fourth-order valence-electron chi connectivity index (χ4n) is 2.71. The lowest BCUT2D eigenvalue weighted by molar-refractivity contribution is 0.452. The van der Waals surface area contributed by atoms with E-state index in [1.807, 2.05) is 12.1 Å². The first-order valence-electron chi connectivity index (χ1n) is 5.57. The van der Waals surface area contributed by atoms with E-state index >= 15 is 0 Å². The van der Waals surface area contributed by atoms with Gasteiger partial charge in [0.25, 0.3) is 0 Å². The third-order valence-electron chi connectivity index (χ3n) is 3.49. The van der Waals surface area contributed by atoms with E-state index in [1.165, 1.54) is 25.7 Å². The fraction of sp³-hybridized carbons (Fsp3) is 0.538. The topological polar surface area (TPSA) is 0 Å². The summed E-state index contributed by atoms with van der Waals surface area (Å²) in [7, 11) is 0. The Balaban J connectivity index is 2.26. The monoisotopic (exact) mass is 192 g/mol. The molecule has 1 heteroatoms. The second kappa shape index (κ2) is 4.12. The van der Waals surface area contributed by atoms with E-state index in [0.29, 0.717) is 11.8 Å². The molecular weight excluding hydrogens is 175 g/mol. The quantitative estimate of drug-likeness (QED) is 0.661. The molecule has 0 aromatic heterocycles. The Morgan fingerprint density at radius 2 is 2.07 bits per heavy atom. The molecule has 1 aromatic carbocycles. The summed E-state index contributed by atoms with van der Waals surface area (Å²) in [5, 5.41) is 0. The number of benzene rings is 1. The van der Waals surface area contributed by atoms with E-state index < -0.39 is 0 Å². The summed E-state index contributed by atoms with van der Waals surface area (Å²) in [6, 6.07) is 7.26. The molecule has 0 radical (unpaired) electrons. The summed E-state index contributed by atoms with van der Waals surface area (Å²) in [5.74, 6) is 1.16. The number of hydrogen-bond acceptors (Lipinski definition) is 0. The van der Waals surface area contributed by atoms with Crippen molar-refractivity contribution in [2.75, 3.05) is 0 Å². The number of hydrogen-bond donors (Lipinski definition) is 0. The van der Waals surface area contributed by atoms with Crippen LogP contribution in [0.15, 0.2) is 24.3 Å². The average Bonchev–Trinajstić information content (AvgIpc) is 2.66. The van der Waals surface area contributed by atoms with Crippen molar-refractivity contribution >= 4 is 0 Å². The maximum atomic E-state index is 13.6. The lowest BCUT2D eigenvalue weighted by atomic mass is 9.87. The third-order valence-corrected chi connectivity index (χ3v) is 3.49. The van der Waals surface area contributed by atoms with Crippen LogP contribution in [-0.2, 0) is 0 Å². The van der Waals surface area contributed by atoms with E-state index in [-0.39, 0.29) is 5.82 Å². The van der Waals surface area contributed by atoms with E-state index in [1.54, 1.807) is 12.1 Å². The van der Waals surface area contributed by atoms with Crippen LogP contribution in [0.1, 0.15) is 44.1 Å². The summed E-state index contributed by atoms with van der Waals surface area (Å²) >= 11 is 0. The Bertz CT molecular complexity index is 306. The largest absolute Gasteiger partial charge is 0.207 e. The molecule has 0 nitrogen and oxygen atoms in total. The standard InChI is InChI=1S/C13H17F/c1-2-10-6-5-8-11(10)12-7-3-4-9-13(12)14/h3-4,7,9-11H,2,5-6,8H2,1H3. The summed E-state index contributed by atoms with van der Waals surface area (Å²) in [5.41, 5.74) is 0.942. The zero-order chi connectivity index (χ0) is 9.97. The highest BCUT2D eigenvalue weighted by atomic mass is 19.1. The lowest BCUT2D eigenvalue weighted by Gasteiger charge is -2.18. The normalized spacial score (nSPS) is 26.7. The van der Waals surface area contributed by atoms with Crippen molar-refractivity contribution < 1.29 is 4.39 Å². The van der Waals surface area contributed by atoms with E-state index in [0.717, 1.165) is 5.56 Å². The lowest BCUT2D eigenvalue weighted by Crippen LogP contribution is -2.06. The van der Waals surface area contributed by atoms with Gasteiger partial charge in [-0.05, 0) is 36.3 Å². The molecule has 2 unspecified atom stereocenters. The summed E-state index contributed by atoms with van der Waals surface area (Å²) in [6.45, 7) is 2.21. The molecule has 0 heterocycles. The predicted octanol–water partition coefficient (Wildman–Crippen LogP) is 4.12. The van der Waals surface area contributed by atoms with Crippen LogP contribution in [0.2, 0.25) is 0 Å². The average molecular weight is 192 g/mol. The van der Waals surface area contributed by atoms with Crippen LogP contribution in [0.4, 0.5) is 4.39 Å². The van der Waals surface area contributed by atoms with Gasteiger partial charge >= 0.3 is 0 Å². The Hall–Kier alpha value is -0.850. The van der Waals surface area contributed by atoms with Crippen molar-refractivity contribution in [2.45, 2.75) is 38.5 Å². The van der Waals surface area contributed by atoms with Gasteiger partial charge in [-0.25, -0.2) is 4.39 Å². The molecule has 2 atom stereocenters. The van der Waals surface area contributed by atoms with Crippen LogP contribution >= 0.6 is 0 Å². The minimum atomic E-state index is -0.0159. The van der Waals surface area contributed by atoms with Crippen molar-refractivity contribution in [3.8, 4) is 0 Å². The summed E-state index contributed by atoms with van der Waals surface area (Å²) in [4.78, 5) is 0. The zero-order valence-electron chi connectivity index (χ0n) is 8.67. The predicted molar refractivity (Wildman–Crippen MR) is 56.8 cm³/mol. The second-order valence-corrected chi connectivity index (χ2v) is 4.23. The van der Waals surface area contributed by atoms with Crippen LogP contribution in [0.3, 0.4) is 0 Å². The molecule has 0 saturated heterocycles. The molecule has 0 spiro atoms. The molecule has 14 heavy (non-hydrogen) atoms. The van der Waals surface area contributed by atoms with Crippen molar-refractivity contribution in [1.29, 1.82) is 0 Å². The van der Waals surface area contributed by atoms with Gasteiger partial charge < -0.3 is 0 Å². The van der Waals surface area contributed by atoms with Gasteiger partial charge in [0.15, 0.2) is 0 Å². The van der Waals surface area contributed by atoms with Crippen molar-refractivity contribution in [3.63, 3.8) is 0 Å². The van der Waals surface area contributed by atoms with Crippen LogP contribution in [0.5, 0.6) is 0 Å². The summed E-state index contributed by atoms with van der Waals surface area (Å²) < 4.78 is 13.6. The third kappa shape index (κ3) is 1.68. The van der Waals surface area contributed by atoms with Gasteiger partial charge in [0.2, 0.25) is 0 Å². The first kappa shape index (κ1) is 9.70. The Morgan fingerprint density at radius 1 is 1.29 bits per heavy atom. The molecule has 1 aliphatic rings. The first-order valence-corrected chi connectivity index (χ1v) is 5.57. The van der Waals surface area contributed by atoms with Crippen molar-refractivity contribution in [1.82, 2.24) is 0 Å². The van der Waals surface area contributed by atoms with Crippen LogP contribution in [0, 0.1) is 11.7 Å². The van der Waals surface area contributed by atoms with Gasteiger partial charge in [-0.2, -0.15) is 0 Å². The smallest absolute Gasteiger partial charge is 0.126 e. The van der Waals surface area contributed by atoms with Crippen molar-refractivity contribution in [3.05, 3.63) is 35.6 Å². The highest BCUT2D eigenvalue weighted by molar-refractivity contribution is 5.23. The molecule has 1 fully saturated rings. The molecule has 1 saturated carbocycles. The Morgan fingerprint density at radius 3 is 2.79 bits per heavy atom. The van der Waals surface area contributed by atoms with E-state index in [4.69, 9.17) is 0 Å². The highest BCUT2D eigenvalue weighted by Gasteiger charge is 2.28. The molecule has 2 rings (SSSR count). The van der Waals surface area contributed by atoms with Crippen LogP contribution in [-0.4, -0.2) is 0 Å². The van der Waals surface area contributed by atoms with Gasteiger partial charge in [-0.15, -0.1) is 0 Å². The molecule has 1 aromatic rings. The van der Waals surface area contributed by atoms with Gasteiger partial charge in [0.05, 0.1) is 0 Å². The molecular formula is C13H17F. The number of halogens is 1. The van der Waals surface area contributed by atoms with Gasteiger partial charge in [-0.3, -0.25) is 0 Å². The first-order chi connectivity index (χ1) is 6.83.